The largest absolute Gasteiger partial charge is 0.354 e. The Morgan fingerprint density at radius 1 is 1.03 bits per heavy atom. The molecule has 1 fully saturated rings. The summed E-state index contributed by atoms with van der Waals surface area (Å²) >= 11 is 18.1. The van der Waals surface area contributed by atoms with Crippen molar-refractivity contribution in [3.63, 3.8) is 0 Å². The van der Waals surface area contributed by atoms with E-state index in [9.17, 15) is 14.4 Å². The van der Waals surface area contributed by atoms with Gasteiger partial charge in [-0.3, -0.25) is 14.4 Å². The Bertz CT molecular complexity index is 1060. The summed E-state index contributed by atoms with van der Waals surface area (Å²) in [6.07, 6.45) is 1.90. The average Bonchev–Trinajstić information content (AvgIpc) is 3.30. The average molecular weight is 525 g/mol. The molecular weight excluding hydrogens is 497 g/mol. The van der Waals surface area contributed by atoms with E-state index >= 15 is 0 Å². The topological polar surface area (TPSA) is 78.5 Å². The van der Waals surface area contributed by atoms with Gasteiger partial charge >= 0.3 is 0 Å². The molecule has 1 aliphatic heterocycles. The Balaban J connectivity index is 1.63. The van der Waals surface area contributed by atoms with Crippen LogP contribution < -0.4 is 10.6 Å². The molecule has 6 nitrogen and oxygen atoms in total. The van der Waals surface area contributed by atoms with Crippen LogP contribution in [-0.2, 0) is 16.0 Å². The first-order valence-electron chi connectivity index (χ1n) is 11.3. The number of hydrogen-bond donors (Lipinski definition) is 2. The Morgan fingerprint density at radius 2 is 1.76 bits per heavy atom. The van der Waals surface area contributed by atoms with Crippen molar-refractivity contribution in [2.24, 2.45) is 5.92 Å². The van der Waals surface area contributed by atoms with Gasteiger partial charge in [0.1, 0.15) is 12.1 Å². The standard InChI is InChI=1S/C25H28Cl3N3O3/c1-15(2)22(30-23(32)17-9-10-19(27)20(28)14-17)25(34)31-13-5-8-21(31)24(33)29-12-11-16-6-3-4-7-18(16)26/h3-4,6-7,9-10,14-15,21-22H,5,8,11-13H2,1-2H3,(H,29,33)(H,30,32)/t21-,22-/m0/s1. The lowest BCUT2D eigenvalue weighted by Crippen LogP contribution is -2.55. The van der Waals surface area contributed by atoms with Gasteiger partial charge in [-0.25, -0.2) is 0 Å². The number of carbonyl (C=O) groups is 3. The first kappa shape index (κ1) is 26.3. The molecule has 9 heteroatoms. The Hall–Kier alpha value is -2.28. The fourth-order valence-electron chi connectivity index (χ4n) is 4.00. The van der Waals surface area contributed by atoms with Crippen molar-refractivity contribution < 1.29 is 14.4 Å². The number of nitrogens with one attached hydrogen (secondary N) is 2. The zero-order valence-corrected chi connectivity index (χ0v) is 21.4. The Morgan fingerprint density at radius 3 is 2.44 bits per heavy atom. The van der Waals surface area contributed by atoms with Crippen molar-refractivity contribution in [2.45, 2.75) is 45.2 Å². The summed E-state index contributed by atoms with van der Waals surface area (Å²) in [6, 6.07) is 10.7. The van der Waals surface area contributed by atoms with Crippen molar-refractivity contribution in [1.82, 2.24) is 15.5 Å². The van der Waals surface area contributed by atoms with Gasteiger partial charge in [-0.1, -0.05) is 66.8 Å². The molecule has 3 rings (SSSR count). The first-order valence-corrected chi connectivity index (χ1v) is 12.4. The predicted molar refractivity (Wildman–Crippen MR) is 135 cm³/mol. The summed E-state index contributed by atoms with van der Waals surface area (Å²) in [7, 11) is 0. The predicted octanol–water partition coefficient (Wildman–Crippen LogP) is 4.75. The normalized spacial score (nSPS) is 16.4. The molecule has 0 radical (unpaired) electrons. The van der Waals surface area contributed by atoms with Crippen LogP contribution in [0.3, 0.4) is 0 Å². The minimum Gasteiger partial charge on any atom is -0.354 e. The number of likely N-dealkylation sites (tertiary alicyclic amines) is 1. The molecule has 0 unspecified atom stereocenters. The molecule has 3 amide bonds. The molecule has 1 saturated heterocycles. The van der Waals surface area contributed by atoms with Crippen molar-refractivity contribution in [2.75, 3.05) is 13.1 Å². The second-order valence-corrected chi connectivity index (χ2v) is 9.87. The lowest BCUT2D eigenvalue weighted by atomic mass is 10.0. The maximum atomic E-state index is 13.4. The van der Waals surface area contributed by atoms with E-state index in [0.29, 0.717) is 41.5 Å². The maximum absolute atomic E-state index is 13.4. The minimum absolute atomic E-state index is 0.177. The molecule has 0 saturated carbocycles. The SMILES string of the molecule is CC(C)[C@H](NC(=O)c1ccc(Cl)c(Cl)c1)C(=O)N1CCC[C@H]1C(=O)NCCc1ccccc1Cl. The third kappa shape index (κ3) is 6.44. The van der Waals surface area contributed by atoms with Gasteiger partial charge in [0, 0.05) is 23.7 Å². The van der Waals surface area contributed by atoms with Gasteiger partial charge in [-0.2, -0.15) is 0 Å². The minimum atomic E-state index is -0.779. The Labute approximate surface area is 214 Å². The Kier molecular flexibility index (Phi) is 9.23. The molecule has 182 valence electrons. The number of halogens is 3. The summed E-state index contributed by atoms with van der Waals surface area (Å²) in [5, 5.41) is 6.99. The van der Waals surface area contributed by atoms with E-state index in [1.54, 1.807) is 11.0 Å². The van der Waals surface area contributed by atoms with E-state index in [2.05, 4.69) is 10.6 Å². The summed E-state index contributed by atoms with van der Waals surface area (Å²) in [5.74, 6) is -1.07. The van der Waals surface area contributed by atoms with Crippen LogP contribution in [-0.4, -0.2) is 47.8 Å². The fourth-order valence-corrected chi connectivity index (χ4v) is 4.52. The van der Waals surface area contributed by atoms with Crippen LogP contribution in [0.15, 0.2) is 42.5 Å². The van der Waals surface area contributed by atoms with Crippen molar-refractivity contribution in [3.05, 3.63) is 68.7 Å². The van der Waals surface area contributed by atoms with Gasteiger partial charge in [0.25, 0.3) is 5.91 Å². The molecule has 0 bridgehead atoms. The molecular formula is C25H28Cl3N3O3. The fraction of sp³-hybridized carbons (Fsp3) is 0.400. The molecule has 2 aromatic carbocycles. The molecule has 0 aromatic heterocycles. The second-order valence-electron chi connectivity index (χ2n) is 8.65. The zero-order valence-electron chi connectivity index (χ0n) is 19.1. The molecule has 2 aromatic rings. The highest BCUT2D eigenvalue weighted by atomic mass is 35.5. The molecule has 1 aliphatic rings. The van der Waals surface area contributed by atoms with Gasteiger partial charge in [0.05, 0.1) is 10.0 Å². The highest BCUT2D eigenvalue weighted by Gasteiger charge is 2.38. The molecule has 1 heterocycles. The molecule has 2 N–H and O–H groups in total. The third-order valence-electron chi connectivity index (χ3n) is 5.89. The smallest absolute Gasteiger partial charge is 0.251 e. The van der Waals surface area contributed by atoms with Gasteiger partial charge < -0.3 is 15.5 Å². The van der Waals surface area contributed by atoms with E-state index in [4.69, 9.17) is 34.8 Å². The second kappa shape index (κ2) is 11.9. The molecule has 0 spiro atoms. The highest BCUT2D eigenvalue weighted by molar-refractivity contribution is 6.42. The van der Waals surface area contributed by atoms with Crippen LogP contribution in [0.1, 0.15) is 42.6 Å². The van der Waals surface area contributed by atoms with Gasteiger partial charge in [0.2, 0.25) is 11.8 Å². The molecule has 34 heavy (non-hydrogen) atoms. The van der Waals surface area contributed by atoms with Crippen LogP contribution in [0.5, 0.6) is 0 Å². The van der Waals surface area contributed by atoms with Crippen LogP contribution in [0.4, 0.5) is 0 Å². The third-order valence-corrected chi connectivity index (χ3v) is 7.00. The van der Waals surface area contributed by atoms with Crippen molar-refractivity contribution in [1.29, 1.82) is 0 Å². The van der Waals surface area contributed by atoms with E-state index in [1.165, 1.54) is 12.1 Å². The monoisotopic (exact) mass is 523 g/mol. The number of amides is 3. The van der Waals surface area contributed by atoms with Gasteiger partial charge in [-0.15, -0.1) is 0 Å². The number of hydrogen-bond acceptors (Lipinski definition) is 3. The molecule has 0 aliphatic carbocycles. The van der Waals surface area contributed by atoms with Crippen molar-refractivity contribution in [3.8, 4) is 0 Å². The number of carbonyl (C=O) groups excluding carboxylic acids is 3. The lowest BCUT2D eigenvalue weighted by molar-refractivity contribution is -0.140. The van der Waals surface area contributed by atoms with Crippen LogP contribution in [0.2, 0.25) is 15.1 Å². The quantitative estimate of drug-likeness (QED) is 0.523. The summed E-state index contributed by atoms with van der Waals surface area (Å²) < 4.78 is 0. The van der Waals surface area contributed by atoms with E-state index in [-0.39, 0.29) is 22.8 Å². The zero-order chi connectivity index (χ0) is 24.8. The number of benzene rings is 2. The van der Waals surface area contributed by atoms with Gasteiger partial charge in [0.15, 0.2) is 0 Å². The summed E-state index contributed by atoms with van der Waals surface area (Å²) in [4.78, 5) is 40.6. The van der Waals surface area contributed by atoms with E-state index < -0.39 is 18.0 Å². The van der Waals surface area contributed by atoms with Gasteiger partial charge in [-0.05, 0) is 55.0 Å². The number of rotatable bonds is 8. The lowest BCUT2D eigenvalue weighted by Gasteiger charge is -2.30. The maximum Gasteiger partial charge on any atom is 0.251 e. The van der Waals surface area contributed by atoms with E-state index in [0.717, 1.165) is 12.0 Å². The van der Waals surface area contributed by atoms with E-state index in [1.807, 2.05) is 38.1 Å². The number of nitrogens with zero attached hydrogens (tertiary/aromatic N) is 1. The van der Waals surface area contributed by atoms with Crippen LogP contribution in [0, 0.1) is 5.92 Å². The summed E-state index contributed by atoms with van der Waals surface area (Å²) in [6.45, 7) is 4.59. The first-order chi connectivity index (χ1) is 16.2. The molecule has 2 atom stereocenters. The van der Waals surface area contributed by atoms with Crippen LogP contribution in [0.25, 0.3) is 0 Å². The van der Waals surface area contributed by atoms with Crippen LogP contribution >= 0.6 is 34.8 Å². The highest BCUT2D eigenvalue weighted by Crippen LogP contribution is 2.24. The van der Waals surface area contributed by atoms with Crippen molar-refractivity contribution >= 4 is 52.5 Å². The summed E-state index contributed by atoms with van der Waals surface area (Å²) in [5.41, 5.74) is 1.26.